The Morgan fingerprint density at radius 3 is 2.55 bits per heavy atom. The lowest BCUT2D eigenvalue weighted by molar-refractivity contribution is -0.139. The molecule has 8 nitrogen and oxygen atoms in total. The Hall–Kier alpha value is -2.52. The van der Waals surface area contributed by atoms with Crippen molar-refractivity contribution in [1.29, 1.82) is 0 Å². The number of ether oxygens (including phenoxy) is 1. The summed E-state index contributed by atoms with van der Waals surface area (Å²) in [7, 11) is 0. The van der Waals surface area contributed by atoms with Crippen molar-refractivity contribution in [2.24, 2.45) is 0 Å². The molecule has 4 rings (SSSR count). The van der Waals surface area contributed by atoms with Crippen LogP contribution < -0.4 is 15.0 Å². The van der Waals surface area contributed by atoms with E-state index in [-0.39, 0.29) is 11.8 Å². The van der Waals surface area contributed by atoms with Crippen LogP contribution in [-0.4, -0.2) is 77.2 Å². The number of likely N-dealkylation sites (tertiary alicyclic amines) is 1. The van der Waals surface area contributed by atoms with Gasteiger partial charge in [-0.1, -0.05) is 23.7 Å². The van der Waals surface area contributed by atoms with E-state index in [9.17, 15) is 15.0 Å². The van der Waals surface area contributed by atoms with Crippen LogP contribution in [0.1, 0.15) is 18.4 Å². The second-order valence-corrected chi connectivity index (χ2v) is 9.19. The number of aliphatic hydroxyl groups excluding tert-OH is 1. The highest BCUT2D eigenvalue weighted by Crippen LogP contribution is 2.34. The SMILES string of the molecule is O=C(O)COc1ccc(O)cc1N1C[C@H](NC2CCN(Cc3ccc(Cl)cc3)CC2)[C@@H](O)C1. The van der Waals surface area contributed by atoms with Crippen molar-refractivity contribution in [2.75, 3.05) is 37.7 Å². The van der Waals surface area contributed by atoms with E-state index in [1.165, 1.54) is 11.6 Å². The number of hydrogen-bond donors (Lipinski definition) is 4. The maximum Gasteiger partial charge on any atom is 0.341 e. The number of carbonyl (C=O) groups is 1. The number of hydrogen-bond acceptors (Lipinski definition) is 7. The predicted octanol–water partition coefficient (Wildman–Crippen LogP) is 2.31. The number of rotatable bonds is 8. The molecule has 0 radical (unpaired) electrons. The Morgan fingerprint density at radius 1 is 1.12 bits per heavy atom. The number of carboxylic acids is 1. The van der Waals surface area contributed by atoms with Crippen LogP contribution in [0.15, 0.2) is 42.5 Å². The van der Waals surface area contributed by atoms with Crippen molar-refractivity contribution in [1.82, 2.24) is 10.2 Å². The molecule has 0 saturated carbocycles. The topological polar surface area (TPSA) is 106 Å². The second kappa shape index (κ2) is 10.6. The molecule has 0 bridgehead atoms. The number of aliphatic carboxylic acids is 1. The number of aromatic hydroxyl groups is 1. The minimum atomic E-state index is -1.07. The minimum absolute atomic E-state index is 0.0617. The lowest BCUT2D eigenvalue weighted by atomic mass is 10.0. The zero-order valence-corrected chi connectivity index (χ0v) is 19.1. The highest BCUT2D eigenvalue weighted by molar-refractivity contribution is 6.30. The Bertz CT molecular complexity index is 950. The van der Waals surface area contributed by atoms with E-state index in [1.54, 1.807) is 12.1 Å². The van der Waals surface area contributed by atoms with Crippen LogP contribution in [-0.2, 0) is 11.3 Å². The molecule has 4 N–H and O–H groups in total. The number of anilines is 1. The van der Waals surface area contributed by atoms with Crippen molar-refractivity contribution >= 4 is 23.3 Å². The molecule has 2 heterocycles. The molecular formula is C24H30ClN3O5. The highest BCUT2D eigenvalue weighted by Gasteiger charge is 2.35. The van der Waals surface area contributed by atoms with Crippen LogP contribution in [0.4, 0.5) is 5.69 Å². The van der Waals surface area contributed by atoms with Gasteiger partial charge in [-0.25, -0.2) is 4.79 Å². The zero-order valence-electron chi connectivity index (χ0n) is 18.4. The number of piperidine rings is 1. The zero-order chi connectivity index (χ0) is 23.4. The monoisotopic (exact) mass is 475 g/mol. The predicted molar refractivity (Wildman–Crippen MR) is 126 cm³/mol. The summed E-state index contributed by atoms with van der Waals surface area (Å²) in [5.41, 5.74) is 1.83. The fraction of sp³-hybridized carbons (Fsp3) is 0.458. The third-order valence-electron chi connectivity index (χ3n) is 6.28. The molecule has 2 atom stereocenters. The normalized spacial score (nSPS) is 21.9. The van der Waals surface area contributed by atoms with Crippen LogP contribution in [0.25, 0.3) is 0 Å². The summed E-state index contributed by atoms with van der Waals surface area (Å²) in [6.07, 6.45) is 1.41. The molecule has 2 aliphatic heterocycles. The first-order chi connectivity index (χ1) is 15.9. The standard InChI is InChI=1S/C24H30ClN3O5/c25-17-3-1-16(2-4-17)12-27-9-7-18(8-10-27)26-20-13-28(14-22(20)30)21-11-19(29)5-6-23(21)33-15-24(31)32/h1-6,11,18,20,22,26,29-30H,7-10,12-15H2,(H,31,32)/t20-,22-/m0/s1. The smallest absolute Gasteiger partial charge is 0.341 e. The van der Waals surface area contributed by atoms with Gasteiger partial charge >= 0.3 is 5.97 Å². The van der Waals surface area contributed by atoms with E-state index in [0.717, 1.165) is 37.5 Å². The van der Waals surface area contributed by atoms with Gasteiger partial charge in [0.2, 0.25) is 0 Å². The highest BCUT2D eigenvalue weighted by atomic mass is 35.5. The Labute approximate surface area is 198 Å². The molecule has 0 aliphatic carbocycles. The first kappa shape index (κ1) is 23.6. The van der Waals surface area contributed by atoms with E-state index < -0.39 is 18.7 Å². The van der Waals surface area contributed by atoms with Crippen molar-refractivity contribution in [3.63, 3.8) is 0 Å². The molecule has 0 amide bonds. The maximum absolute atomic E-state index is 10.9. The fourth-order valence-electron chi connectivity index (χ4n) is 4.57. The summed E-state index contributed by atoms with van der Waals surface area (Å²) in [5, 5.41) is 33.9. The molecule has 9 heteroatoms. The van der Waals surface area contributed by atoms with Gasteiger partial charge in [0.1, 0.15) is 11.5 Å². The van der Waals surface area contributed by atoms with Crippen molar-refractivity contribution in [3.05, 3.63) is 53.1 Å². The number of halogens is 1. The number of nitrogens with one attached hydrogen (secondary N) is 1. The van der Waals surface area contributed by atoms with Crippen molar-refractivity contribution in [3.8, 4) is 11.5 Å². The molecule has 2 aromatic rings. The minimum Gasteiger partial charge on any atom is -0.508 e. The van der Waals surface area contributed by atoms with Gasteiger partial charge in [0.05, 0.1) is 17.8 Å². The van der Waals surface area contributed by atoms with E-state index in [1.807, 2.05) is 17.0 Å². The largest absolute Gasteiger partial charge is 0.508 e. The van der Waals surface area contributed by atoms with Gasteiger partial charge in [-0.05, 0) is 55.8 Å². The second-order valence-electron chi connectivity index (χ2n) is 8.76. The molecule has 178 valence electrons. The summed E-state index contributed by atoms with van der Waals surface area (Å²) in [5.74, 6) is -0.636. The molecule has 2 aliphatic rings. The Balaban J connectivity index is 1.31. The van der Waals surface area contributed by atoms with Crippen LogP contribution in [0.3, 0.4) is 0 Å². The molecule has 2 aromatic carbocycles. The third kappa shape index (κ3) is 6.29. The number of benzene rings is 2. The maximum atomic E-state index is 10.9. The van der Waals surface area contributed by atoms with Crippen LogP contribution in [0.5, 0.6) is 11.5 Å². The summed E-state index contributed by atoms with van der Waals surface area (Å²) in [4.78, 5) is 15.2. The van der Waals surface area contributed by atoms with E-state index in [4.69, 9.17) is 21.4 Å². The number of phenols is 1. The first-order valence-electron chi connectivity index (χ1n) is 11.2. The Kier molecular flexibility index (Phi) is 7.60. The van der Waals surface area contributed by atoms with Crippen molar-refractivity contribution < 1.29 is 24.9 Å². The number of carboxylic acid groups (broad SMARTS) is 1. The molecule has 2 fully saturated rings. The van der Waals surface area contributed by atoms with Gasteiger partial charge in [-0.2, -0.15) is 0 Å². The van der Waals surface area contributed by atoms with Crippen LogP contribution in [0.2, 0.25) is 5.02 Å². The van der Waals surface area contributed by atoms with Gasteiger partial charge in [0, 0.05) is 36.8 Å². The summed E-state index contributed by atoms with van der Waals surface area (Å²) >= 11 is 5.97. The van der Waals surface area contributed by atoms with Gasteiger partial charge in [0.15, 0.2) is 6.61 Å². The quantitative estimate of drug-likeness (QED) is 0.461. The van der Waals surface area contributed by atoms with E-state index in [2.05, 4.69) is 22.3 Å². The molecule has 0 spiro atoms. The Morgan fingerprint density at radius 2 is 1.85 bits per heavy atom. The number of phenolic OH excluding ortho intramolecular Hbond substituents is 1. The average molecular weight is 476 g/mol. The van der Waals surface area contributed by atoms with Gasteiger partial charge in [0.25, 0.3) is 0 Å². The molecular weight excluding hydrogens is 446 g/mol. The average Bonchev–Trinajstić information content (AvgIpc) is 3.15. The fourth-order valence-corrected chi connectivity index (χ4v) is 4.70. The summed E-state index contributed by atoms with van der Waals surface area (Å²) in [6, 6.07) is 12.7. The summed E-state index contributed by atoms with van der Waals surface area (Å²) < 4.78 is 5.39. The number of β-amino-alcohol motifs (C(OH)–C–C–N with tert-alkyl or cyclic N) is 1. The van der Waals surface area contributed by atoms with Crippen molar-refractivity contribution in [2.45, 2.75) is 37.6 Å². The van der Waals surface area contributed by atoms with E-state index >= 15 is 0 Å². The van der Waals surface area contributed by atoms with Gasteiger partial charge in [-0.3, -0.25) is 4.90 Å². The molecule has 0 aromatic heterocycles. The first-order valence-corrected chi connectivity index (χ1v) is 11.6. The third-order valence-corrected chi connectivity index (χ3v) is 6.53. The molecule has 33 heavy (non-hydrogen) atoms. The van der Waals surface area contributed by atoms with Gasteiger partial charge < -0.3 is 30.3 Å². The lowest BCUT2D eigenvalue weighted by Gasteiger charge is -2.34. The van der Waals surface area contributed by atoms with E-state index in [0.29, 0.717) is 30.6 Å². The van der Waals surface area contributed by atoms with Crippen LogP contribution >= 0.6 is 11.6 Å². The summed E-state index contributed by atoms with van der Waals surface area (Å²) in [6.45, 7) is 3.31. The number of aliphatic hydroxyl groups is 1. The van der Waals surface area contributed by atoms with Crippen LogP contribution in [0, 0.1) is 0 Å². The van der Waals surface area contributed by atoms with Gasteiger partial charge in [-0.15, -0.1) is 0 Å². The molecule has 0 unspecified atom stereocenters. The lowest BCUT2D eigenvalue weighted by Crippen LogP contribution is -2.49. The number of nitrogens with zero attached hydrogens (tertiary/aromatic N) is 2. The molecule has 2 saturated heterocycles.